The summed E-state index contributed by atoms with van der Waals surface area (Å²) in [6, 6.07) is 22.2. The fourth-order valence-corrected chi connectivity index (χ4v) is 4.00. The van der Waals surface area contributed by atoms with Crippen LogP contribution < -0.4 is 21.3 Å². The second kappa shape index (κ2) is 11.2. The van der Waals surface area contributed by atoms with Crippen molar-refractivity contribution in [2.24, 2.45) is 5.73 Å². The molecule has 174 valence electrons. The van der Waals surface area contributed by atoms with Gasteiger partial charge in [-0.05, 0) is 29.8 Å². The highest BCUT2D eigenvalue weighted by Crippen LogP contribution is 2.24. The van der Waals surface area contributed by atoms with Gasteiger partial charge in [-0.1, -0.05) is 30.3 Å². The molecule has 2 aromatic carbocycles. The molecule has 0 radical (unpaired) electrons. The molecule has 3 aromatic rings. The second-order valence-electron chi connectivity index (χ2n) is 8.23. The van der Waals surface area contributed by atoms with E-state index in [4.69, 9.17) is 11.0 Å². The number of amides is 1. The number of primary amides is 1. The fourth-order valence-electron chi connectivity index (χ4n) is 4.00. The smallest absolute Gasteiger partial charge is 0.252 e. The number of carbonyl (C=O) groups excluding carboxylic acids is 1. The van der Waals surface area contributed by atoms with Gasteiger partial charge in [0.05, 0.1) is 17.3 Å². The lowest BCUT2D eigenvalue weighted by atomic mass is 10.2. The number of benzene rings is 2. The normalized spacial score (nSPS) is 13.8. The fraction of sp³-hybridized carbons (Fsp3) is 0.269. The van der Waals surface area contributed by atoms with E-state index in [0.29, 0.717) is 30.0 Å². The number of aromatic nitrogens is 1. The van der Waals surface area contributed by atoms with Crippen LogP contribution in [0.5, 0.6) is 0 Å². The molecule has 1 aromatic heterocycles. The van der Waals surface area contributed by atoms with Gasteiger partial charge in [0.1, 0.15) is 5.82 Å². The lowest BCUT2D eigenvalue weighted by molar-refractivity contribution is 0.100. The second-order valence-corrected chi connectivity index (χ2v) is 8.23. The quantitative estimate of drug-likeness (QED) is 0.452. The molecular weight excluding hydrogens is 426 g/mol. The summed E-state index contributed by atoms with van der Waals surface area (Å²) >= 11 is 0. The van der Waals surface area contributed by atoms with Crippen LogP contribution in [0.3, 0.4) is 0 Å². The van der Waals surface area contributed by atoms with Gasteiger partial charge in [-0.3, -0.25) is 9.69 Å². The van der Waals surface area contributed by atoms with E-state index >= 15 is 0 Å². The maximum atomic E-state index is 11.9. The van der Waals surface area contributed by atoms with E-state index in [0.717, 1.165) is 44.0 Å². The number of nitrogens with two attached hydrogens (primary N) is 1. The van der Waals surface area contributed by atoms with Gasteiger partial charge in [0.2, 0.25) is 0 Å². The maximum Gasteiger partial charge on any atom is 0.252 e. The van der Waals surface area contributed by atoms with Crippen molar-refractivity contribution in [3.05, 3.63) is 78.0 Å². The summed E-state index contributed by atoms with van der Waals surface area (Å²) in [5, 5.41) is 15.4. The Kier molecular flexibility index (Phi) is 7.58. The van der Waals surface area contributed by atoms with Crippen molar-refractivity contribution in [1.29, 1.82) is 5.26 Å². The molecule has 0 bridgehead atoms. The molecule has 2 heterocycles. The Hall–Kier alpha value is -4.09. The van der Waals surface area contributed by atoms with E-state index in [2.05, 4.69) is 43.6 Å². The lowest BCUT2D eigenvalue weighted by Crippen LogP contribution is -2.46. The van der Waals surface area contributed by atoms with Crippen molar-refractivity contribution in [1.82, 2.24) is 9.88 Å². The zero-order valence-electron chi connectivity index (χ0n) is 19.1. The maximum absolute atomic E-state index is 11.9. The first kappa shape index (κ1) is 23.1. The minimum absolute atomic E-state index is 0.353. The van der Waals surface area contributed by atoms with Gasteiger partial charge in [-0.25, -0.2) is 4.98 Å². The van der Waals surface area contributed by atoms with Gasteiger partial charge in [0.15, 0.2) is 0 Å². The number of carbonyl (C=O) groups is 1. The van der Waals surface area contributed by atoms with Crippen LogP contribution in [0.1, 0.15) is 22.3 Å². The van der Waals surface area contributed by atoms with Crippen LogP contribution in [0.15, 0.2) is 66.9 Å². The van der Waals surface area contributed by atoms with E-state index in [1.165, 1.54) is 11.9 Å². The van der Waals surface area contributed by atoms with Crippen LogP contribution in [0, 0.1) is 11.3 Å². The summed E-state index contributed by atoms with van der Waals surface area (Å²) in [6.45, 7) is 5.25. The van der Waals surface area contributed by atoms with Crippen molar-refractivity contribution < 1.29 is 4.79 Å². The Labute approximate surface area is 200 Å². The third kappa shape index (κ3) is 6.03. The van der Waals surface area contributed by atoms with Crippen molar-refractivity contribution in [3.8, 4) is 6.07 Å². The minimum atomic E-state index is -0.522. The number of pyridine rings is 1. The number of piperazine rings is 1. The molecule has 1 aliphatic rings. The third-order valence-corrected chi connectivity index (χ3v) is 5.91. The Bertz CT molecular complexity index is 1130. The highest BCUT2D eigenvalue weighted by atomic mass is 16.1. The average Bonchev–Trinajstić information content (AvgIpc) is 2.87. The van der Waals surface area contributed by atoms with Gasteiger partial charge in [-0.15, -0.1) is 0 Å². The van der Waals surface area contributed by atoms with Crippen LogP contribution >= 0.6 is 0 Å². The largest absolute Gasteiger partial charge is 0.380 e. The van der Waals surface area contributed by atoms with Crippen LogP contribution in [0.2, 0.25) is 0 Å². The minimum Gasteiger partial charge on any atom is -0.380 e. The first-order chi connectivity index (χ1) is 16.6. The summed E-state index contributed by atoms with van der Waals surface area (Å²) in [7, 11) is 0. The first-order valence-corrected chi connectivity index (χ1v) is 11.4. The van der Waals surface area contributed by atoms with E-state index in [9.17, 15) is 4.79 Å². The molecule has 1 fully saturated rings. The molecule has 0 atom stereocenters. The van der Waals surface area contributed by atoms with Crippen molar-refractivity contribution in [2.45, 2.75) is 13.0 Å². The first-order valence-electron chi connectivity index (χ1n) is 11.4. The number of rotatable bonds is 9. The van der Waals surface area contributed by atoms with E-state index in [1.54, 1.807) is 6.07 Å². The van der Waals surface area contributed by atoms with E-state index in [-0.39, 0.29) is 0 Å². The third-order valence-electron chi connectivity index (χ3n) is 5.91. The molecule has 8 nitrogen and oxygen atoms in total. The number of nitriles is 1. The molecule has 1 saturated heterocycles. The SMILES string of the molecule is N#CCCN1CCN(c2ccc(Nc3cc(NCc4ccccc4)c(C(N)=O)cn3)cc2)CC1. The Morgan fingerprint density at radius 3 is 2.47 bits per heavy atom. The molecule has 0 saturated carbocycles. The zero-order valence-corrected chi connectivity index (χ0v) is 19.1. The predicted molar refractivity (Wildman–Crippen MR) is 135 cm³/mol. The zero-order chi connectivity index (χ0) is 23.8. The summed E-state index contributed by atoms with van der Waals surface area (Å²) in [6.07, 6.45) is 2.08. The van der Waals surface area contributed by atoms with Crippen molar-refractivity contribution in [2.75, 3.05) is 48.3 Å². The molecule has 1 amide bonds. The molecule has 8 heteroatoms. The number of hydrogen-bond donors (Lipinski definition) is 3. The summed E-state index contributed by atoms with van der Waals surface area (Å²) in [5.74, 6) is 0.103. The topological polar surface area (TPSA) is 110 Å². The predicted octanol–water partition coefficient (Wildman–Crippen LogP) is 3.57. The van der Waals surface area contributed by atoms with Gasteiger partial charge >= 0.3 is 0 Å². The summed E-state index contributed by atoms with van der Waals surface area (Å²) in [4.78, 5) is 20.9. The van der Waals surface area contributed by atoms with Gasteiger partial charge in [0, 0.05) is 69.3 Å². The molecule has 0 unspecified atom stereocenters. The van der Waals surface area contributed by atoms with Crippen LogP contribution in [-0.2, 0) is 6.54 Å². The molecule has 34 heavy (non-hydrogen) atoms. The number of anilines is 4. The van der Waals surface area contributed by atoms with Crippen LogP contribution in [0.4, 0.5) is 22.9 Å². The standard InChI is InChI=1S/C26H29N7O/c27-11-4-12-32-13-15-33(16-14-32)22-9-7-21(8-10-22)31-25-17-24(23(19-30-25)26(28)34)29-18-20-5-2-1-3-6-20/h1-3,5-10,17,19H,4,12-16,18H2,(H2,28,34)(H2,29,30,31). The summed E-state index contributed by atoms with van der Waals surface area (Å²) in [5.41, 5.74) is 9.72. The number of hydrogen-bond acceptors (Lipinski definition) is 7. The highest BCUT2D eigenvalue weighted by molar-refractivity contribution is 5.98. The van der Waals surface area contributed by atoms with E-state index < -0.39 is 5.91 Å². The molecule has 4 rings (SSSR count). The molecular formula is C26H29N7O. The van der Waals surface area contributed by atoms with Gasteiger partial charge in [-0.2, -0.15) is 5.26 Å². The van der Waals surface area contributed by atoms with Gasteiger partial charge in [0.25, 0.3) is 5.91 Å². The number of nitrogens with zero attached hydrogens (tertiary/aromatic N) is 4. The molecule has 1 aliphatic heterocycles. The lowest BCUT2D eigenvalue weighted by Gasteiger charge is -2.35. The average molecular weight is 456 g/mol. The molecule has 0 spiro atoms. The van der Waals surface area contributed by atoms with E-state index in [1.807, 2.05) is 42.5 Å². The summed E-state index contributed by atoms with van der Waals surface area (Å²) < 4.78 is 0. The van der Waals surface area contributed by atoms with Gasteiger partial charge < -0.3 is 21.3 Å². The molecule has 4 N–H and O–H groups in total. The van der Waals surface area contributed by atoms with Crippen LogP contribution in [0.25, 0.3) is 0 Å². The van der Waals surface area contributed by atoms with Crippen LogP contribution in [-0.4, -0.2) is 48.5 Å². The Morgan fingerprint density at radius 2 is 1.79 bits per heavy atom. The molecule has 0 aliphatic carbocycles. The van der Waals surface area contributed by atoms with Crippen molar-refractivity contribution >= 4 is 28.8 Å². The monoisotopic (exact) mass is 455 g/mol. The van der Waals surface area contributed by atoms with Crippen molar-refractivity contribution in [3.63, 3.8) is 0 Å². The Balaban J connectivity index is 1.39. The Morgan fingerprint density at radius 1 is 1.06 bits per heavy atom. The number of nitrogens with one attached hydrogen (secondary N) is 2. The highest BCUT2D eigenvalue weighted by Gasteiger charge is 2.17.